The van der Waals surface area contributed by atoms with Crippen molar-refractivity contribution in [2.24, 2.45) is 0 Å². The molecule has 7 heteroatoms. The first kappa shape index (κ1) is 10.0. The van der Waals surface area contributed by atoms with Crippen molar-refractivity contribution in [1.82, 2.24) is 19.6 Å². The lowest BCUT2D eigenvalue weighted by atomic mass is 10.2. The van der Waals surface area contributed by atoms with Gasteiger partial charge in [0.25, 0.3) is 11.3 Å². The van der Waals surface area contributed by atoms with Gasteiger partial charge in [-0.1, -0.05) is 0 Å². The van der Waals surface area contributed by atoms with Crippen LogP contribution in [0.15, 0.2) is 11.0 Å². The minimum atomic E-state index is -1.05. The maximum atomic E-state index is 11.9. The summed E-state index contributed by atoms with van der Waals surface area (Å²) in [5.74, 6) is 0.387. The first-order valence-corrected chi connectivity index (χ1v) is 5.33. The van der Waals surface area contributed by atoms with E-state index in [1.54, 1.807) is 0 Å². The van der Waals surface area contributed by atoms with E-state index in [9.17, 15) is 9.59 Å². The number of carboxylic acids is 1. The number of carboxylic acid groups (broad SMARTS) is 1. The van der Waals surface area contributed by atoms with Gasteiger partial charge in [0, 0.05) is 17.7 Å². The molecule has 0 aliphatic heterocycles. The molecule has 0 aromatic carbocycles. The Hall–Kier alpha value is -2.18. The number of aromatic nitrogens is 4. The predicted octanol–water partition coefficient (Wildman–Crippen LogP) is -0.0779. The van der Waals surface area contributed by atoms with Crippen LogP contribution in [0.2, 0.25) is 0 Å². The van der Waals surface area contributed by atoms with Crippen molar-refractivity contribution < 1.29 is 9.90 Å². The fourth-order valence-corrected chi connectivity index (χ4v) is 1.73. The number of hydrogen-bond acceptors (Lipinski definition) is 4. The number of rotatable bonds is 3. The predicted molar refractivity (Wildman–Crippen MR) is 56.9 cm³/mol. The van der Waals surface area contributed by atoms with E-state index in [0.29, 0.717) is 11.7 Å². The summed E-state index contributed by atoms with van der Waals surface area (Å²) in [6, 6.07) is 0. The Morgan fingerprint density at radius 3 is 3.00 bits per heavy atom. The normalized spacial score (nSPS) is 15.3. The summed E-state index contributed by atoms with van der Waals surface area (Å²) in [5.41, 5.74) is -0.238. The van der Waals surface area contributed by atoms with Crippen molar-refractivity contribution in [2.45, 2.75) is 25.2 Å². The van der Waals surface area contributed by atoms with Crippen LogP contribution in [-0.2, 0) is 11.2 Å². The maximum Gasteiger partial charge on any atom is 0.308 e. The second kappa shape index (κ2) is 3.41. The molecule has 0 saturated heterocycles. The molecule has 17 heavy (non-hydrogen) atoms. The Balaban J connectivity index is 2.12. The maximum absolute atomic E-state index is 11.9. The highest BCUT2D eigenvalue weighted by molar-refractivity contribution is 5.69. The number of carbonyl (C=O) groups is 1. The molecule has 2 N–H and O–H groups in total. The number of H-pyrrole nitrogens is 1. The van der Waals surface area contributed by atoms with Gasteiger partial charge in [-0.25, -0.2) is 4.98 Å². The summed E-state index contributed by atoms with van der Waals surface area (Å²) < 4.78 is 1.21. The van der Waals surface area contributed by atoms with E-state index in [1.165, 1.54) is 10.7 Å². The molecule has 1 saturated carbocycles. The summed E-state index contributed by atoms with van der Waals surface area (Å²) in [4.78, 5) is 30.7. The number of aromatic amines is 1. The largest absolute Gasteiger partial charge is 0.481 e. The molecule has 3 rings (SSSR count). The summed E-state index contributed by atoms with van der Waals surface area (Å²) >= 11 is 0. The topological polar surface area (TPSA) is 100 Å². The Kier molecular flexibility index (Phi) is 2.01. The van der Waals surface area contributed by atoms with E-state index in [2.05, 4.69) is 15.1 Å². The highest BCUT2D eigenvalue weighted by atomic mass is 16.4. The number of aliphatic carboxylic acids is 1. The number of nitrogens with zero attached hydrogens (tertiary/aromatic N) is 3. The fourth-order valence-electron chi connectivity index (χ4n) is 1.73. The van der Waals surface area contributed by atoms with Gasteiger partial charge >= 0.3 is 5.97 Å². The van der Waals surface area contributed by atoms with Crippen molar-refractivity contribution in [3.63, 3.8) is 0 Å². The zero-order valence-electron chi connectivity index (χ0n) is 8.88. The molecule has 88 valence electrons. The van der Waals surface area contributed by atoms with Crippen molar-refractivity contribution in [3.05, 3.63) is 27.9 Å². The van der Waals surface area contributed by atoms with Gasteiger partial charge in [-0.05, 0) is 12.8 Å². The second-order valence-electron chi connectivity index (χ2n) is 4.18. The third-order valence-electron chi connectivity index (χ3n) is 2.77. The van der Waals surface area contributed by atoms with Crippen molar-refractivity contribution >= 4 is 11.7 Å². The molecule has 0 bridgehead atoms. The zero-order valence-corrected chi connectivity index (χ0v) is 8.88. The van der Waals surface area contributed by atoms with E-state index in [4.69, 9.17) is 5.11 Å². The molecule has 7 nitrogen and oxygen atoms in total. The molecule has 0 amide bonds. The van der Waals surface area contributed by atoms with Crippen LogP contribution in [0.4, 0.5) is 0 Å². The molecular weight excluding hydrogens is 224 g/mol. The van der Waals surface area contributed by atoms with Crippen LogP contribution in [0.1, 0.15) is 30.1 Å². The molecule has 0 atom stereocenters. The van der Waals surface area contributed by atoms with Crippen LogP contribution in [-0.4, -0.2) is 30.7 Å². The highest BCUT2D eigenvalue weighted by Crippen LogP contribution is 2.37. The van der Waals surface area contributed by atoms with E-state index in [0.717, 1.165) is 18.7 Å². The molecular formula is C10H10N4O3. The summed E-state index contributed by atoms with van der Waals surface area (Å²) in [6.07, 6.45) is 3.09. The molecule has 0 radical (unpaired) electrons. The minimum absolute atomic E-state index is 0.154. The monoisotopic (exact) mass is 234 g/mol. The molecule has 1 aliphatic rings. The fraction of sp³-hybridized carbons (Fsp3) is 0.400. The lowest BCUT2D eigenvalue weighted by Crippen LogP contribution is -2.21. The van der Waals surface area contributed by atoms with Gasteiger partial charge in [0.05, 0.1) is 6.42 Å². The van der Waals surface area contributed by atoms with Crippen molar-refractivity contribution in [1.29, 1.82) is 0 Å². The van der Waals surface area contributed by atoms with E-state index in [-0.39, 0.29) is 12.0 Å². The average Bonchev–Trinajstić information content (AvgIpc) is 3.02. The first-order valence-electron chi connectivity index (χ1n) is 5.33. The van der Waals surface area contributed by atoms with E-state index < -0.39 is 11.5 Å². The third-order valence-corrected chi connectivity index (χ3v) is 2.77. The van der Waals surface area contributed by atoms with E-state index >= 15 is 0 Å². The molecule has 1 aliphatic carbocycles. The van der Waals surface area contributed by atoms with Crippen LogP contribution in [0.3, 0.4) is 0 Å². The molecule has 0 spiro atoms. The van der Waals surface area contributed by atoms with Crippen LogP contribution >= 0.6 is 0 Å². The van der Waals surface area contributed by atoms with Gasteiger partial charge in [-0.3, -0.25) is 14.7 Å². The van der Waals surface area contributed by atoms with Crippen LogP contribution in [0, 0.1) is 0 Å². The van der Waals surface area contributed by atoms with Crippen LogP contribution < -0.4 is 5.56 Å². The standard InChI is InChI=1S/C10H10N4O3/c15-7(16)3-6-4-11-10-12-8(5-1-2-5)13-14(10)9(6)17/h4-5H,1-3H2,(H,15,16)(H,11,12,13). The van der Waals surface area contributed by atoms with Crippen LogP contribution in [0.25, 0.3) is 5.78 Å². The van der Waals surface area contributed by atoms with Crippen molar-refractivity contribution in [3.8, 4) is 0 Å². The Morgan fingerprint density at radius 2 is 2.35 bits per heavy atom. The van der Waals surface area contributed by atoms with Gasteiger partial charge in [0.15, 0.2) is 0 Å². The second-order valence-corrected chi connectivity index (χ2v) is 4.18. The van der Waals surface area contributed by atoms with Crippen LogP contribution in [0.5, 0.6) is 0 Å². The smallest absolute Gasteiger partial charge is 0.308 e. The molecule has 2 aromatic heterocycles. The van der Waals surface area contributed by atoms with Gasteiger partial charge in [-0.2, -0.15) is 9.50 Å². The number of fused-ring (bicyclic) bond motifs is 1. The third kappa shape index (κ3) is 1.69. The molecule has 2 heterocycles. The SMILES string of the molecule is O=C(O)Cc1cnc2nc(C3CC3)[nH]n2c1=O. The highest BCUT2D eigenvalue weighted by Gasteiger charge is 2.27. The quantitative estimate of drug-likeness (QED) is 0.773. The Morgan fingerprint density at radius 1 is 1.59 bits per heavy atom. The first-order chi connectivity index (χ1) is 8.15. The molecule has 2 aromatic rings. The lowest BCUT2D eigenvalue weighted by Gasteiger charge is -1.95. The Labute approximate surface area is 95.1 Å². The summed E-state index contributed by atoms with van der Waals surface area (Å²) in [6.45, 7) is 0. The van der Waals surface area contributed by atoms with Gasteiger partial charge < -0.3 is 5.11 Å². The molecule has 0 unspecified atom stereocenters. The summed E-state index contributed by atoms with van der Waals surface area (Å²) in [5, 5.41) is 11.5. The van der Waals surface area contributed by atoms with Crippen molar-refractivity contribution in [2.75, 3.05) is 0 Å². The van der Waals surface area contributed by atoms with Gasteiger partial charge in [0.2, 0.25) is 0 Å². The summed E-state index contributed by atoms with van der Waals surface area (Å²) in [7, 11) is 0. The molecule has 1 fully saturated rings. The van der Waals surface area contributed by atoms with E-state index in [1.807, 2.05) is 0 Å². The number of hydrogen-bond donors (Lipinski definition) is 2. The zero-order chi connectivity index (χ0) is 12.0. The average molecular weight is 234 g/mol. The minimum Gasteiger partial charge on any atom is -0.481 e. The van der Waals surface area contributed by atoms with Gasteiger partial charge in [0.1, 0.15) is 5.82 Å². The lowest BCUT2D eigenvalue weighted by molar-refractivity contribution is -0.136. The Bertz CT molecular complexity index is 653. The van der Waals surface area contributed by atoms with Gasteiger partial charge in [-0.15, -0.1) is 0 Å². The number of nitrogens with one attached hydrogen (secondary N) is 1.